The largest absolute Gasteiger partial charge is 0.346 e. The number of hydrogen-bond donors (Lipinski definition) is 0. The second kappa shape index (κ2) is 4.68. The summed E-state index contributed by atoms with van der Waals surface area (Å²) in [5.74, 6) is 0.659. The molecule has 0 radical (unpaired) electrons. The monoisotopic (exact) mass is 311 g/mol. The lowest BCUT2D eigenvalue weighted by Crippen LogP contribution is -2.46. The molecule has 3 heterocycles. The molecule has 0 aliphatic carbocycles. The zero-order valence-corrected chi connectivity index (χ0v) is 12.1. The number of anilines is 1. The van der Waals surface area contributed by atoms with Crippen LogP contribution < -0.4 is 10.5 Å². The minimum atomic E-state index is 0.0601. The molecule has 0 amide bonds. The Morgan fingerprint density at radius 3 is 2.67 bits per heavy atom. The van der Waals surface area contributed by atoms with Crippen molar-refractivity contribution in [2.24, 2.45) is 0 Å². The molecule has 2 bridgehead atoms. The minimum absolute atomic E-state index is 0.0601. The van der Waals surface area contributed by atoms with E-state index < -0.39 is 0 Å². The van der Waals surface area contributed by atoms with Crippen LogP contribution in [0.2, 0.25) is 0 Å². The first-order chi connectivity index (χ1) is 8.70. The van der Waals surface area contributed by atoms with Gasteiger partial charge in [-0.2, -0.15) is 0 Å². The van der Waals surface area contributed by atoms with Crippen molar-refractivity contribution in [1.29, 1.82) is 0 Å². The summed E-state index contributed by atoms with van der Waals surface area (Å²) in [7, 11) is 0. The lowest BCUT2D eigenvalue weighted by molar-refractivity contribution is 0.475. The van der Waals surface area contributed by atoms with E-state index in [0.29, 0.717) is 29.3 Å². The highest BCUT2D eigenvalue weighted by Gasteiger charge is 2.41. The first kappa shape index (κ1) is 12.2. The number of aromatic nitrogens is 2. The van der Waals surface area contributed by atoms with Gasteiger partial charge in [-0.05, 0) is 32.6 Å². The van der Waals surface area contributed by atoms with Crippen LogP contribution in [0.1, 0.15) is 32.6 Å². The van der Waals surface area contributed by atoms with Crippen LogP contribution in [0.25, 0.3) is 0 Å². The van der Waals surface area contributed by atoms with E-state index in [9.17, 15) is 4.79 Å². The molecule has 2 aliphatic rings. The highest BCUT2D eigenvalue weighted by molar-refractivity contribution is 9.09. The van der Waals surface area contributed by atoms with Crippen molar-refractivity contribution in [2.75, 3.05) is 4.90 Å². The van der Waals surface area contributed by atoms with Gasteiger partial charge in [0.1, 0.15) is 0 Å². The van der Waals surface area contributed by atoms with Crippen LogP contribution in [0.3, 0.4) is 0 Å². The predicted octanol–water partition coefficient (Wildman–Crippen LogP) is 2.16. The molecule has 2 atom stereocenters. The Morgan fingerprint density at radius 2 is 2.06 bits per heavy atom. The highest BCUT2D eigenvalue weighted by atomic mass is 79.9. The summed E-state index contributed by atoms with van der Waals surface area (Å²) in [5.41, 5.74) is 0.0601. The maximum atomic E-state index is 12.3. The van der Waals surface area contributed by atoms with Crippen molar-refractivity contribution < 1.29 is 0 Å². The van der Waals surface area contributed by atoms with Crippen LogP contribution in [-0.2, 0) is 6.54 Å². The van der Waals surface area contributed by atoms with E-state index in [0.717, 1.165) is 12.8 Å². The van der Waals surface area contributed by atoms with Gasteiger partial charge in [0.15, 0.2) is 5.82 Å². The molecule has 0 aromatic carbocycles. The topological polar surface area (TPSA) is 38.1 Å². The summed E-state index contributed by atoms with van der Waals surface area (Å²) < 4.78 is 1.74. The second-order valence-corrected chi connectivity index (χ2v) is 6.50. The average molecular weight is 312 g/mol. The lowest BCUT2D eigenvalue weighted by Gasteiger charge is -2.37. The number of halogens is 1. The Morgan fingerprint density at radius 1 is 1.39 bits per heavy atom. The molecule has 98 valence electrons. The smallest absolute Gasteiger partial charge is 0.293 e. The summed E-state index contributed by atoms with van der Waals surface area (Å²) in [6.45, 7) is 2.70. The van der Waals surface area contributed by atoms with Crippen molar-refractivity contribution in [3.8, 4) is 0 Å². The van der Waals surface area contributed by atoms with Crippen molar-refractivity contribution in [3.05, 3.63) is 22.7 Å². The fourth-order valence-electron chi connectivity index (χ4n) is 3.32. The summed E-state index contributed by atoms with van der Waals surface area (Å²) in [6.07, 6.45) is 8.14. The zero-order valence-electron chi connectivity index (χ0n) is 10.6. The van der Waals surface area contributed by atoms with Gasteiger partial charge in [-0.3, -0.25) is 4.79 Å². The third-order valence-corrected chi connectivity index (χ3v) is 4.90. The molecule has 18 heavy (non-hydrogen) atoms. The summed E-state index contributed by atoms with van der Waals surface area (Å²) >= 11 is 3.73. The van der Waals surface area contributed by atoms with Gasteiger partial charge in [0.05, 0.1) is 0 Å². The van der Waals surface area contributed by atoms with Gasteiger partial charge < -0.3 is 9.47 Å². The van der Waals surface area contributed by atoms with Crippen LogP contribution in [-0.4, -0.2) is 26.5 Å². The van der Waals surface area contributed by atoms with Crippen LogP contribution in [0, 0.1) is 0 Å². The van der Waals surface area contributed by atoms with Crippen molar-refractivity contribution in [3.63, 3.8) is 0 Å². The third-order valence-electron chi connectivity index (χ3n) is 4.16. The van der Waals surface area contributed by atoms with Gasteiger partial charge >= 0.3 is 0 Å². The Bertz CT molecular complexity index is 487. The molecular weight excluding hydrogens is 294 g/mol. The van der Waals surface area contributed by atoms with E-state index in [-0.39, 0.29) is 5.56 Å². The van der Waals surface area contributed by atoms with E-state index in [2.05, 4.69) is 25.8 Å². The number of alkyl halides is 1. The molecule has 2 unspecified atom stereocenters. The summed E-state index contributed by atoms with van der Waals surface area (Å²) in [6, 6.07) is 0.974. The number of piperidine rings is 1. The van der Waals surface area contributed by atoms with Crippen molar-refractivity contribution in [1.82, 2.24) is 9.55 Å². The predicted molar refractivity (Wildman–Crippen MR) is 75.4 cm³/mol. The van der Waals surface area contributed by atoms with Crippen LogP contribution >= 0.6 is 15.9 Å². The molecule has 2 aliphatic heterocycles. The molecule has 3 rings (SSSR count). The summed E-state index contributed by atoms with van der Waals surface area (Å²) in [5, 5.41) is 0. The quantitative estimate of drug-likeness (QED) is 0.786. The molecule has 0 spiro atoms. The van der Waals surface area contributed by atoms with E-state index >= 15 is 0 Å². The Hall–Kier alpha value is -0.840. The molecule has 5 heteroatoms. The maximum Gasteiger partial charge on any atom is 0.293 e. The van der Waals surface area contributed by atoms with Crippen LogP contribution in [0.15, 0.2) is 17.2 Å². The van der Waals surface area contributed by atoms with Crippen molar-refractivity contribution in [2.45, 2.75) is 56.1 Å². The molecule has 2 fully saturated rings. The van der Waals surface area contributed by atoms with E-state index in [1.54, 1.807) is 17.0 Å². The Kier molecular flexibility index (Phi) is 3.18. The number of fused-ring (bicyclic) bond motifs is 2. The van der Waals surface area contributed by atoms with Gasteiger partial charge in [0.2, 0.25) is 0 Å². The van der Waals surface area contributed by atoms with E-state index in [4.69, 9.17) is 0 Å². The van der Waals surface area contributed by atoms with Gasteiger partial charge in [-0.1, -0.05) is 15.9 Å². The first-order valence-corrected chi connectivity index (χ1v) is 7.60. The third kappa shape index (κ3) is 1.88. The normalized spacial score (nSPS) is 30.8. The fraction of sp³-hybridized carbons (Fsp3) is 0.692. The standard InChI is InChI=1S/C13H18BrN3O/c1-2-16-6-5-15-12(13(16)18)17-10-3-4-11(17)8-9(14)7-10/h5-6,9-11H,2-4,7-8H2,1H3. The van der Waals surface area contributed by atoms with Gasteiger partial charge in [0, 0.05) is 35.8 Å². The molecule has 4 nitrogen and oxygen atoms in total. The second-order valence-electron chi connectivity index (χ2n) is 5.20. The molecule has 2 saturated heterocycles. The molecule has 1 aromatic heterocycles. The number of nitrogens with zero attached hydrogens (tertiary/aromatic N) is 3. The lowest BCUT2D eigenvalue weighted by atomic mass is 10.0. The highest BCUT2D eigenvalue weighted by Crippen LogP contribution is 2.39. The SMILES string of the molecule is CCn1ccnc(N2C3CCC2CC(Br)C3)c1=O. The minimum Gasteiger partial charge on any atom is -0.346 e. The molecule has 1 aromatic rings. The summed E-state index contributed by atoms with van der Waals surface area (Å²) in [4.78, 5) is 19.6. The Balaban J connectivity index is 1.99. The van der Waals surface area contributed by atoms with Crippen LogP contribution in [0.5, 0.6) is 0 Å². The number of hydrogen-bond acceptors (Lipinski definition) is 3. The van der Waals surface area contributed by atoms with Gasteiger partial charge in [-0.15, -0.1) is 0 Å². The van der Waals surface area contributed by atoms with Crippen LogP contribution in [0.4, 0.5) is 5.82 Å². The zero-order chi connectivity index (χ0) is 12.7. The fourth-order valence-corrected chi connectivity index (χ4v) is 4.18. The number of rotatable bonds is 2. The first-order valence-electron chi connectivity index (χ1n) is 6.68. The van der Waals surface area contributed by atoms with Gasteiger partial charge in [-0.25, -0.2) is 4.98 Å². The average Bonchev–Trinajstić information content (AvgIpc) is 2.62. The van der Waals surface area contributed by atoms with Crippen molar-refractivity contribution >= 4 is 21.7 Å². The van der Waals surface area contributed by atoms with E-state index in [1.165, 1.54) is 12.8 Å². The maximum absolute atomic E-state index is 12.3. The van der Waals surface area contributed by atoms with E-state index in [1.807, 2.05) is 6.92 Å². The number of aryl methyl sites for hydroxylation is 1. The Labute approximate surface area is 115 Å². The van der Waals surface area contributed by atoms with Gasteiger partial charge in [0.25, 0.3) is 5.56 Å². The molecular formula is C13H18BrN3O. The molecule has 0 N–H and O–H groups in total. The molecule has 0 saturated carbocycles.